The van der Waals surface area contributed by atoms with Crippen LogP contribution in [0.2, 0.25) is 0 Å². The third-order valence-corrected chi connectivity index (χ3v) is 14.5. The number of hydrogen-bond acceptors (Lipinski definition) is 2. The molecule has 0 fully saturated rings. The molecule has 334 valence electrons. The van der Waals surface area contributed by atoms with E-state index in [2.05, 4.69) is 280 Å². The highest BCUT2D eigenvalue weighted by Crippen LogP contribution is 2.51. The maximum atomic E-state index is 2.53. The van der Waals surface area contributed by atoms with Crippen LogP contribution in [0.5, 0.6) is 0 Å². The van der Waals surface area contributed by atoms with Crippen molar-refractivity contribution in [3.8, 4) is 44.5 Å². The minimum absolute atomic E-state index is 1.14. The Morgan fingerprint density at radius 2 is 0.600 bits per heavy atom. The Morgan fingerprint density at radius 1 is 0.243 bits per heavy atom. The number of anilines is 6. The zero-order chi connectivity index (χ0) is 47.3. The fourth-order valence-corrected chi connectivity index (χ4v) is 10.9. The molecule has 0 bridgehead atoms. The lowest BCUT2D eigenvalue weighted by molar-refractivity contribution is 1.23. The van der Waals surface area contributed by atoms with Crippen LogP contribution in [0.3, 0.4) is 0 Å². The van der Waals surface area contributed by atoms with Gasteiger partial charge in [0.05, 0.1) is 11.4 Å². The second-order valence-corrected chi connectivity index (χ2v) is 18.6. The summed E-state index contributed by atoms with van der Waals surface area (Å²) in [6, 6.07) is 89.2. The van der Waals surface area contributed by atoms with E-state index in [-0.39, 0.29) is 0 Å². The zero-order valence-electron chi connectivity index (χ0n) is 40.0. The molecule has 2 heteroatoms. The molecule has 0 spiro atoms. The molecule has 12 aromatic carbocycles. The van der Waals surface area contributed by atoms with Crippen LogP contribution in [-0.2, 0) is 0 Å². The smallest absolute Gasteiger partial charge is 0.0540 e. The molecule has 0 radical (unpaired) electrons. The standard InChI is InChI=1S/C68H52N2/c1-45-31-33-55(49-19-9-5-10-20-49)43-65(45)69(61-29-17-27-57(47(61)3)51-23-13-7-14-24-51)63-41-37-53-36-40-60-64(42-38-54-35-39-59(63)67(53)68(54)60)70(62-30-18-28-58(48(62)4)52-25-15-8-16-26-52)66-44-56(34-32-46(66)2)50-21-11-6-12-22-50/h5-44H,1-4H3. The van der Waals surface area contributed by atoms with E-state index in [1.165, 1.54) is 99.1 Å². The van der Waals surface area contributed by atoms with Crippen LogP contribution in [0.25, 0.3) is 76.8 Å². The molecule has 0 aromatic heterocycles. The molecule has 0 atom stereocenters. The first-order valence-corrected chi connectivity index (χ1v) is 24.3. The zero-order valence-corrected chi connectivity index (χ0v) is 40.0. The van der Waals surface area contributed by atoms with E-state index in [1.54, 1.807) is 0 Å². The lowest BCUT2D eigenvalue weighted by atomic mass is 9.90. The quantitative estimate of drug-likeness (QED) is 0.126. The summed E-state index contributed by atoms with van der Waals surface area (Å²) in [6.45, 7) is 9.05. The molecule has 12 rings (SSSR count). The van der Waals surface area contributed by atoms with Gasteiger partial charge in [0.2, 0.25) is 0 Å². The normalized spacial score (nSPS) is 11.4. The van der Waals surface area contributed by atoms with Crippen molar-refractivity contribution in [2.24, 2.45) is 0 Å². The summed E-state index contributed by atoms with van der Waals surface area (Å²) in [5, 5.41) is 7.37. The number of aryl methyl sites for hydroxylation is 2. The van der Waals surface area contributed by atoms with Crippen LogP contribution in [0.4, 0.5) is 34.1 Å². The average molecular weight is 897 g/mol. The van der Waals surface area contributed by atoms with E-state index in [0.29, 0.717) is 0 Å². The Labute approximate surface area is 411 Å². The first-order chi connectivity index (χ1) is 34.4. The molecular formula is C68H52N2. The van der Waals surface area contributed by atoms with Crippen molar-refractivity contribution in [1.29, 1.82) is 0 Å². The van der Waals surface area contributed by atoms with Crippen molar-refractivity contribution in [1.82, 2.24) is 0 Å². The van der Waals surface area contributed by atoms with Gasteiger partial charge in [-0.05, 0) is 152 Å². The Morgan fingerprint density at radius 3 is 0.986 bits per heavy atom. The molecule has 0 N–H and O–H groups in total. The first-order valence-electron chi connectivity index (χ1n) is 24.3. The second-order valence-electron chi connectivity index (χ2n) is 18.6. The van der Waals surface area contributed by atoms with Gasteiger partial charge in [0.15, 0.2) is 0 Å². The molecule has 0 saturated heterocycles. The van der Waals surface area contributed by atoms with Gasteiger partial charge in [-0.1, -0.05) is 206 Å². The van der Waals surface area contributed by atoms with Crippen LogP contribution in [0.1, 0.15) is 22.3 Å². The van der Waals surface area contributed by atoms with Crippen LogP contribution < -0.4 is 9.80 Å². The minimum atomic E-state index is 1.14. The molecule has 12 aromatic rings. The van der Waals surface area contributed by atoms with Gasteiger partial charge in [0.1, 0.15) is 0 Å². The Hall–Kier alpha value is -8.72. The predicted molar refractivity (Wildman–Crippen MR) is 300 cm³/mol. The highest BCUT2D eigenvalue weighted by Gasteiger charge is 2.26. The van der Waals surface area contributed by atoms with Crippen LogP contribution >= 0.6 is 0 Å². The van der Waals surface area contributed by atoms with Crippen molar-refractivity contribution >= 4 is 66.4 Å². The van der Waals surface area contributed by atoms with E-state index in [9.17, 15) is 0 Å². The van der Waals surface area contributed by atoms with Crippen molar-refractivity contribution in [3.05, 3.63) is 265 Å². The molecule has 0 saturated carbocycles. The van der Waals surface area contributed by atoms with Gasteiger partial charge in [0.25, 0.3) is 0 Å². The maximum Gasteiger partial charge on any atom is 0.0540 e. The van der Waals surface area contributed by atoms with Crippen molar-refractivity contribution in [2.75, 3.05) is 9.80 Å². The maximum absolute atomic E-state index is 2.53. The van der Waals surface area contributed by atoms with E-state index >= 15 is 0 Å². The summed E-state index contributed by atoms with van der Waals surface area (Å²) in [5.74, 6) is 0. The van der Waals surface area contributed by atoms with Gasteiger partial charge in [-0.3, -0.25) is 0 Å². The summed E-state index contributed by atoms with van der Waals surface area (Å²) in [4.78, 5) is 5.05. The third kappa shape index (κ3) is 7.37. The molecule has 0 amide bonds. The molecule has 2 nitrogen and oxygen atoms in total. The third-order valence-electron chi connectivity index (χ3n) is 14.5. The molecule has 0 unspecified atom stereocenters. The fraction of sp³-hybridized carbons (Fsp3) is 0.0588. The van der Waals surface area contributed by atoms with Gasteiger partial charge < -0.3 is 9.80 Å². The summed E-state index contributed by atoms with van der Waals surface area (Å²) < 4.78 is 0. The van der Waals surface area contributed by atoms with Crippen LogP contribution in [-0.4, -0.2) is 0 Å². The molecule has 0 aliphatic heterocycles. The van der Waals surface area contributed by atoms with Crippen molar-refractivity contribution in [2.45, 2.75) is 27.7 Å². The summed E-state index contributed by atoms with van der Waals surface area (Å²) in [5.41, 5.74) is 21.4. The largest absolute Gasteiger partial charge is 0.309 e. The highest BCUT2D eigenvalue weighted by molar-refractivity contribution is 6.28. The predicted octanol–water partition coefficient (Wildman–Crippen LogP) is 19.4. The number of hydrogen-bond donors (Lipinski definition) is 0. The first kappa shape index (κ1) is 42.6. The number of rotatable bonds is 10. The average Bonchev–Trinajstić information content (AvgIpc) is 3.41. The minimum Gasteiger partial charge on any atom is -0.309 e. The van der Waals surface area contributed by atoms with Gasteiger partial charge in [-0.2, -0.15) is 0 Å². The van der Waals surface area contributed by atoms with E-state index < -0.39 is 0 Å². The highest BCUT2D eigenvalue weighted by atomic mass is 15.2. The van der Waals surface area contributed by atoms with Gasteiger partial charge in [-0.15, -0.1) is 0 Å². The van der Waals surface area contributed by atoms with Gasteiger partial charge >= 0.3 is 0 Å². The van der Waals surface area contributed by atoms with Crippen molar-refractivity contribution in [3.63, 3.8) is 0 Å². The molecule has 0 aliphatic rings. The summed E-state index contributed by atoms with van der Waals surface area (Å²) in [6.07, 6.45) is 0. The lowest BCUT2D eigenvalue weighted by Gasteiger charge is -2.32. The monoisotopic (exact) mass is 896 g/mol. The Bertz CT molecular complexity index is 3600. The fourth-order valence-electron chi connectivity index (χ4n) is 10.9. The number of benzene rings is 12. The summed E-state index contributed by atoms with van der Waals surface area (Å²) in [7, 11) is 0. The molecule has 0 heterocycles. The molecule has 70 heavy (non-hydrogen) atoms. The van der Waals surface area contributed by atoms with Gasteiger partial charge in [-0.25, -0.2) is 0 Å². The second kappa shape index (κ2) is 17.7. The van der Waals surface area contributed by atoms with E-state index in [4.69, 9.17) is 0 Å². The Kier molecular flexibility index (Phi) is 10.8. The lowest BCUT2D eigenvalue weighted by Crippen LogP contribution is -2.14. The van der Waals surface area contributed by atoms with Gasteiger partial charge in [0, 0.05) is 33.5 Å². The molecule has 0 aliphatic carbocycles. The van der Waals surface area contributed by atoms with Crippen LogP contribution in [0, 0.1) is 27.7 Å². The van der Waals surface area contributed by atoms with Crippen LogP contribution in [0.15, 0.2) is 243 Å². The van der Waals surface area contributed by atoms with E-state index in [0.717, 1.165) is 34.1 Å². The topological polar surface area (TPSA) is 6.48 Å². The SMILES string of the molecule is Cc1ccc(-c2ccccc2)cc1N(c1cccc(-c2ccccc2)c1C)c1ccc2ccc3c(N(c4cc(-c5ccccc5)ccc4C)c4cccc(-c5ccccc5)c4C)ccc4ccc1c2c43. The van der Waals surface area contributed by atoms with Crippen molar-refractivity contribution < 1.29 is 0 Å². The molecular weight excluding hydrogens is 845 g/mol. The van der Waals surface area contributed by atoms with E-state index in [1.807, 2.05) is 0 Å². The number of nitrogens with zero attached hydrogens (tertiary/aromatic N) is 2. The Balaban J connectivity index is 1.12. The summed E-state index contributed by atoms with van der Waals surface area (Å²) >= 11 is 0.